The van der Waals surface area contributed by atoms with Crippen LogP contribution in [0.2, 0.25) is 0 Å². The summed E-state index contributed by atoms with van der Waals surface area (Å²) in [5.74, 6) is -0.280. The van der Waals surface area contributed by atoms with Crippen molar-refractivity contribution < 1.29 is 24.2 Å². The highest BCUT2D eigenvalue weighted by Crippen LogP contribution is 2.23. The molecular weight excluding hydrogens is 310 g/mol. The van der Waals surface area contributed by atoms with Crippen molar-refractivity contribution >= 4 is 12.1 Å². The van der Waals surface area contributed by atoms with Crippen LogP contribution in [0.4, 0.5) is 4.79 Å². The average molecular weight is 335 g/mol. The number of amides is 1. The smallest absolute Gasteiger partial charge is 0.410 e. The molecule has 1 aromatic carbocycles. The normalized spacial score (nSPS) is 15.9. The number of ether oxygens (including phenoxy) is 2. The van der Waals surface area contributed by atoms with E-state index in [2.05, 4.69) is 0 Å². The van der Waals surface area contributed by atoms with E-state index in [0.717, 1.165) is 12.8 Å². The van der Waals surface area contributed by atoms with Crippen LogP contribution >= 0.6 is 0 Å². The molecule has 6 heteroatoms. The van der Waals surface area contributed by atoms with E-state index in [4.69, 9.17) is 14.6 Å². The highest BCUT2D eigenvalue weighted by atomic mass is 16.6. The Bertz CT molecular complexity index is 612. The van der Waals surface area contributed by atoms with Gasteiger partial charge in [0.15, 0.2) is 0 Å². The molecule has 6 nitrogen and oxygen atoms in total. The highest BCUT2D eigenvalue weighted by molar-refractivity contribution is 5.89. The van der Waals surface area contributed by atoms with E-state index in [1.54, 1.807) is 30.0 Å². The van der Waals surface area contributed by atoms with Crippen molar-refractivity contribution in [3.05, 3.63) is 29.3 Å². The maximum Gasteiger partial charge on any atom is 0.410 e. The number of aryl methyl sites for hydroxylation is 1. The molecule has 0 bridgehead atoms. The van der Waals surface area contributed by atoms with Crippen molar-refractivity contribution in [2.75, 3.05) is 13.1 Å². The third-order valence-corrected chi connectivity index (χ3v) is 3.82. The minimum atomic E-state index is -0.940. The molecule has 1 aliphatic heterocycles. The molecule has 1 N–H and O–H groups in total. The molecule has 24 heavy (non-hydrogen) atoms. The lowest BCUT2D eigenvalue weighted by Gasteiger charge is -2.33. The Balaban J connectivity index is 1.88. The van der Waals surface area contributed by atoms with E-state index in [1.165, 1.54) is 0 Å². The largest absolute Gasteiger partial charge is 0.490 e. The van der Waals surface area contributed by atoms with E-state index in [-0.39, 0.29) is 17.8 Å². The van der Waals surface area contributed by atoms with Gasteiger partial charge in [-0.15, -0.1) is 0 Å². The van der Waals surface area contributed by atoms with Crippen molar-refractivity contribution in [3.63, 3.8) is 0 Å². The van der Waals surface area contributed by atoms with Crippen LogP contribution in [-0.4, -0.2) is 46.9 Å². The zero-order valence-corrected chi connectivity index (χ0v) is 14.7. The van der Waals surface area contributed by atoms with Crippen molar-refractivity contribution in [2.24, 2.45) is 0 Å². The molecule has 1 aromatic rings. The zero-order chi connectivity index (χ0) is 17.9. The van der Waals surface area contributed by atoms with Crippen molar-refractivity contribution in [2.45, 2.75) is 52.2 Å². The Labute approximate surface area is 142 Å². The molecule has 0 atom stereocenters. The summed E-state index contributed by atoms with van der Waals surface area (Å²) in [5, 5.41) is 9.05. The van der Waals surface area contributed by atoms with Crippen LogP contribution in [0.25, 0.3) is 0 Å². The standard InChI is InChI=1S/C18H25NO5/c1-12-11-14(5-6-15(12)16(20)21)23-13-7-9-19(10-8-13)17(22)24-18(2,3)4/h5-6,11,13H,7-10H2,1-4H3,(H,20,21). The summed E-state index contributed by atoms with van der Waals surface area (Å²) in [5.41, 5.74) is 0.460. The van der Waals surface area contributed by atoms with Gasteiger partial charge in [-0.25, -0.2) is 9.59 Å². The molecule has 1 saturated heterocycles. The Morgan fingerprint density at radius 3 is 2.33 bits per heavy atom. The minimum Gasteiger partial charge on any atom is -0.490 e. The number of hydrogen-bond donors (Lipinski definition) is 1. The number of carboxylic acid groups (broad SMARTS) is 1. The fourth-order valence-corrected chi connectivity index (χ4v) is 2.62. The number of hydrogen-bond acceptors (Lipinski definition) is 4. The Kier molecular flexibility index (Phi) is 5.36. The SMILES string of the molecule is Cc1cc(OC2CCN(C(=O)OC(C)(C)C)CC2)ccc1C(=O)O. The van der Waals surface area contributed by atoms with E-state index in [0.29, 0.717) is 24.4 Å². The number of piperidine rings is 1. The molecule has 1 aliphatic rings. The third kappa shape index (κ3) is 4.88. The highest BCUT2D eigenvalue weighted by Gasteiger charge is 2.27. The monoisotopic (exact) mass is 335 g/mol. The first kappa shape index (κ1) is 18.1. The Hall–Kier alpha value is -2.24. The van der Waals surface area contributed by atoms with Crippen molar-refractivity contribution in [3.8, 4) is 5.75 Å². The molecule has 2 rings (SSSR count). The minimum absolute atomic E-state index is 0.0127. The van der Waals surface area contributed by atoms with Crippen LogP contribution in [0.1, 0.15) is 49.5 Å². The molecule has 0 aromatic heterocycles. The predicted octanol–water partition coefficient (Wildman–Crippen LogP) is 3.47. The second kappa shape index (κ2) is 7.11. The van der Waals surface area contributed by atoms with Crippen LogP contribution in [0.3, 0.4) is 0 Å². The molecule has 0 aliphatic carbocycles. The first-order valence-electron chi connectivity index (χ1n) is 8.14. The topological polar surface area (TPSA) is 76.1 Å². The molecule has 0 saturated carbocycles. The second-order valence-corrected chi connectivity index (χ2v) is 7.07. The number of rotatable bonds is 3. The van der Waals surface area contributed by atoms with E-state index < -0.39 is 11.6 Å². The summed E-state index contributed by atoms with van der Waals surface area (Å²) in [4.78, 5) is 24.8. The maximum atomic E-state index is 12.0. The third-order valence-electron chi connectivity index (χ3n) is 3.82. The van der Waals surface area contributed by atoms with Gasteiger partial charge >= 0.3 is 12.1 Å². The van der Waals surface area contributed by atoms with Crippen molar-refractivity contribution in [1.29, 1.82) is 0 Å². The average Bonchev–Trinajstić information content (AvgIpc) is 2.45. The van der Waals surface area contributed by atoms with Crippen LogP contribution in [-0.2, 0) is 4.74 Å². The summed E-state index contributed by atoms with van der Waals surface area (Å²) >= 11 is 0. The molecule has 0 spiro atoms. The number of carbonyl (C=O) groups excluding carboxylic acids is 1. The van der Waals surface area contributed by atoms with Gasteiger partial charge < -0.3 is 19.5 Å². The lowest BCUT2D eigenvalue weighted by Crippen LogP contribution is -2.44. The molecule has 132 valence electrons. The maximum absolute atomic E-state index is 12.0. The summed E-state index contributed by atoms with van der Waals surface area (Å²) in [6.07, 6.45) is 1.17. The zero-order valence-electron chi connectivity index (χ0n) is 14.7. The lowest BCUT2D eigenvalue weighted by atomic mass is 10.1. The van der Waals surface area contributed by atoms with Crippen LogP contribution in [0, 0.1) is 6.92 Å². The van der Waals surface area contributed by atoms with E-state index in [9.17, 15) is 9.59 Å². The van der Waals surface area contributed by atoms with Crippen LogP contribution in [0.15, 0.2) is 18.2 Å². The first-order chi connectivity index (χ1) is 11.2. The quantitative estimate of drug-likeness (QED) is 0.915. The van der Waals surface area contributed by atoms with Crippen LogP contribution in [0.5, 0.6) is 5.75 Å². The molecular formula is C18H25NO5. The van der Waals surface area contributed by atoms with Gasteiger partial charge in [-0.2, -0.15) is 0 Å². The number of nitrogens with zero attached hydrogens (tertiary/aromatic N) is 1. The fourth-order valence-electron chi connectivity index (χ4n) is 2.62. The van der Waals surface area contributed by atoms with Gasteiger partial charge in [0.05, 0.1) is 5.56 Å². The van der Waals surface area contributed by atoms with Gasteiger partial charge in [-0.3, -0.25) is 0 Å². The van der Waals surface area contributed by atoms with Gasteiger partial charge in [0.2, 0.25) is 0 Å². The van der Waals surface area contributed by atoms with Gasteiger partial charge in [0.1, 0.15) is 17.5 Å². The molecule has 0 unspecified atom stereocenters. The summed E-state index contributed by atoms with van der Waals surface area (Å²) in [6.45, 7) is 8.48. The van der Waals surface area contributed by atoms with Gasteiger partial charge in [-0.1, -0.05) is 0 Å². The van der Waals surface area contributed by atoms with Gasteiger partial charge in [-0.05, 0) is 51.5 Å². The number of aromatic carboxylic acids is 1. The van der Waals surface area contributed by atoms with Crippen molar-refractivity contribution in [1.82, 2.24) is 4.90 Å². The summed E-state index contributed by atoms with van der Waals surface area (Å²) < 4.78 is 11.3. The van der Waals surface area contributed by atoms with Crippen LogP contribution < -0.4 is 4.74 Å². The molecule has 0 radical (unpaired) electrons. The van der Waals surface area contributed by atoms with Gasteiger partial charge in [0, 0.05) is 25.9 Å². The first-order valence-corrected chi connectivity index (χ1v) is 8.14. The number of carboxylic acids is 1. The number of benzene rings is 1. The summed E-state index contributed by atoms with van der Waals surface area (Å²) in [7, 11) is 0. The lowest BCUT2D eigenvalue weighted by molar-refractivity contribution is 0.0126. The Morgan fingerprint density at radius 2 is 1.83 bits per heavy atom. The summed E-state index contributed by atoms with van der Waals surface area (Å²) in [6, 6.07) is 4.98. The molecule has 1 fully saturated rings. The molecule has 1 heterocycles. The number of likely N-dealkylation sites (tertiary alicyclic amines) is 1. The van der Waals surface area contributed by atoms with E-state index in [1.807, 2.05) is 20.8 Å². The second-order valence-electron chi connectivity index (χ2n) is 7.07. The van der Waals surface area contributed by atoms with Gasteiger partial charge in [0.25, 0.3) is 0 Å². The predicted molar refractivity (Wildman–Crippen MR) is 89.6 cm³/mol. The number of carbonyl (C=O) groups is 2. The van der Waals surface area contributed by atoms with E-state index >= 15 is 0 Å². The molecule has 1 amide bonds. The Morgan fingerprint density at radius 1 is 1.21 bits per heavy atom. The fraction of sp³-hybridized carbons (Fsp3) is 0.556.